The molecule has 20 heavy (non-hydrogen) atoms. The van der Waals surface area contributed by atoms with Gasteiger partial charge >= 0.3 is 0 Å². The Hall–Kier alpha value is -2.27. The standard InChI is InChI=1S/C15H16N2O2S/c1-2-11-17-13-5-9-15(10-6-13)20(18,19)14-7-3-12(16)4-8-14/h2-10,17H,1,11,16H2. The lowest BCUT2D eigenvalue weighted by atomic mass is 10.3. The van der Waals surface area contributed by atoms with Crippen molar-refractivity contribution in [2.45, 2.75) is 9.79 Å². The molecule has 2 aromatic rings. The van der Waals surface area contributed by atoms with Crippen LogP contribution in [0.4, 0.5) is 11.4 Å². The molecule has 0 unspecified atom stereocenters. The first kappa shape index (κ1) is 14.1. The van der Waals surface area contributed by atoms with Gasteiger partial charge in [-0.25, -0.2) is 8.42 Å². The zero-order valence-corrected chi connectivity index (χ0v) is 11.7. The molecule has 0 atom stereocenters. The van der Waals surface area contributed by atoms with Gasteiger partial charge < -0.3 is 11.1 Å². The van der Waals surface area contributed by atoms with Crippen molar-refractivity contribution >= 4 is 21.2 Å². The number of rotatable bonds is 5. The van der Waals surface area contributed by atoms with E-state index in [9.17, 15) is 8.42 Å². The largest absolute Gasteiger partial charge is 0.399 e. The predicted molar refractivity (Wildman–Crippen MR) is 81.4 cm³/mol. The van der Waals surface area contributed by atoms with E-state index in [-0.39, 0.29) is 9.79 Å². The molecule has 0 amide bonds. The highest BCUT2D eigenvalue weighted by Gasteiger charge is 2.16. The number of benzene rings is 2. The number of hydrogen-bond acceptors (Lipinski definition) is 4. The molecule has 0 aromatic heterocycles. The summed E-state index contributed by atoms with van der Waals surface area (Å²) < 4.78 is 24.8. The van der Waals surface area contributed by atoms with Crippen LogP contribution in [-0.2, 0) is 9.84 Å². The minimum Gasteiger partial charge on any atom is -0.399 e. The highest BCUT2D eigenvalue weighted by molar-refractivity contribution is 7.91. The first-order valence-electron chi connectivity index (χ1n) is 6.09. The van der Waals surface area contributed by atoms with Crippen LogP contribution in [-0.4, -0.2) is 15.0 Å². The van der Waals surface area contributed by atoms with E-state index in [1.54, 1.807) is 42.5 Å². The van der Waals surface area contributed by atoms with Gasteiger partial charge in [0.1, 0.15) is 0 Å². The van der Waals surface area contributed by atoms with E-state index in [0.717, 1.165) is 5.69 Å². The number of nitrogens with two attached hydrogens (primary N) is 1. The Morgan fingerprint density at radius 2 is 1.50 bits per heavy atom. The van der Waals surface area contributed by atoms with Crippen LogP contribution < -0.4 is 11.1 Å². The molecule has 0 aliphatic heterocycles. The third-order valence-corrected chi connectivity index (χ3v) is 4.59. The second-order valence-corrected chi connectivity index (χ2v) is 6.22. The minimum atomic E-state index is -3.50. The van der Waals surface area contributed by atoms with Gasteiger partial charge in [0.2, 0.25) is 9.84 Å². The highest BCUT2D eigenvalue weighted by atomic mass is 32.2. The minimum absolute atomic E-state index is 0.235. The zero-order chi connectivity index (χ0) is 14.6. The molecule has 2 rings (SSSR count). The van der Waals surface area contributed by atoms with Gasteiger partial charge in [-0.1, -0.05) is 6.08 Å². The van der Waals surface area contributed by atoms with Crippen LogP contribution in [0.5, 0.6) is 0 Å². The van der Waals surface area contributed by atoms with E-state index in [1.807, 2.05) is 0 Å². The van der Waals surface area contributed by atoms with Crippen LogP contribution in [0.15, 0.2) is 71.0 Å². The van der Waals surface area contributed by atoms with E-state index < -0.39 is 9.84 Å². The number of nitrogens with one attached hydrogen (secondary N) is 1. The first-order valence-corrected chi connectivity index (χ1v) is 7.58. The lowest BCUT2D eigenvalue weighted by Gasteiger charge is -2.07. The molecule has 4 nitrogen and oxygen atoms in total. The molecule has 0 saturated heterocycles. The summed E-state index contributed by atoms with van der Waals surface area (Å²) in [7, 11) is -3.50. The molecule has 104 valence electrons. The Labute approximate surface area is 118 Å². The third-order valence-electron chi connectivity index (χ3n) is 2.81. The molecule has 0 fully saturated rings. The van der Waals surface area contributed by atoms with Crippen molar-refractivity contribution in [3.63, 3.8) is 0 Å². The second-order valence-electron chi connectivity index (χ2n) is 4.27. The van der Waals surface area contributed by atoms with Crippen LogP contribution in [0.1, 0.15) is 0 Å². The summed E-state index contributed by atoms with van der Waals surface area (Å²) in [5.74, 6) is 0. The fourth-order valence-corrected chi connectivity index (χ4v) is 2.99. The molecule has 3 N–H and O–H groups in total. The van der Waals surface area contributed by atoms with Crippen molar-refractivity contribution in [2.24, 2.45) is 0 Å². The van der Waals surface area contributed by atoms with Crippen LogP contribution >= 0.6 is 0 Å². The fourth-order valence-electron chi connectivity index (χ4n) is 1.73. The summed E-state index contributed by atoms with van der Waals surface area (Å²) in [6.45, 7) is 4.24. The number of nitrogen functional groups attached to an aromatic ring is 1. The Balaban J connectivity index is 2.30. The van der Waals surface area contributed by atoms with Crippen LogP contribution in [0.3, 0.4) is 0 Å². The van der Waals surface area contributed by atoms with Gasteiger partial charge in [-0.05, 0) is 48.5 Å². The summed E-state index contributed by atoms with van der Waals surface area (Å²) in [6, 6.07) is 12.8. The van der Waals surface area contributed by atoms with Gasteiger partial charge in [0, 0.05) is 17.9 Å². The number of sulfone groups is 1. The summed E-state index contributed by atoms with van der Waals surface area (Å²) >= 11 is 0. The first-order chi connectivity index (χ1) is 9.54. The fraction of sp³-hybridized carbons (Fsp3) is 0.0667. The van der Waals surface area contributed by atoms with E-state index >= 15 is 0 Å². The number of anilines is 2. The molecule has 0 heterocycles. The monoisotopic (exact) mass is 288 g/mol. The molecule has 0 radical (unpaired) electrons. The normalized spacial score (nSPS) is 11.0. The topological polar surface area (TPSA) is 72.2 Å². The second kappa shape index (κ2) is 5.79. The van der Waals surface area contributed by atoms with Gasteiger partial charge in [0.15, 0.2) is 0 Å². The SMILES string of the molecule is C=CCNc1ccc(S(=O)(=O)c2ccc(N)cc2)cc1. The third kappa shape index (κ3) is 3.00. The van der Waals surface area contributed by atoms with E-state index in [4.69, 9.17) is 5.73 Å². The molecule has 0 bridgehead atoms. The average Bonchev–Trinajstić information content (AvgIpc) is 2.46. The maximum atomic E-state index is 12.4. The summed E-state index contributed by atoms with van der Waals surface area (Å²) in [5, 5.41) is 3.09. The highest BCUT2D eigenvalue weighted by Crippen LogP contribution is 2.23. The maximum Gasteiger partial charge on any atom is 0.206 e. The zero-order valence-electron chi connectivity index (χ0n) is 10.9. The Kier molecular flexibility index (Phi) is 4.10. The molecule has 0 spiro atoms. The van der Waals surface area contributed by atoms with E-state index in [1.165, 1.54) is 12.1 Å². The summed E-state index contributed by atoms with van der Waals surface area (Å²) in [5.41, 5.74) is 6.95. The van der Waals surface area contributed by atoms with Gasteiger partial charge in [0.25, 0.3) is 0 Å². The van der Waals surface area contributed by atoms with Crippen molar-refractivity contribution in [3.8, 4) is 0 Å². The lowest BCUT2D eigenvalue weighted by molar-refractivity contribution is 0.596. The van der Waals surface area contributed by atoms with Gasteiger partial charge in [-0.15, -0.1) is 6.58 Å². The molecule has 2 aromatic carbocycles. The van der Waals surface area contributed by atoms with Crippen molar-refractivity contribution in [1.82, 2.24) is 0 Å². The van der Waals surface area contributed by atoms with Crippen molar-refractivity contribution < 1.29 is 8.42 Å². The van der Waals surface area contributed by atoms with E-state index in [0.29, 0.717) is 12.2 Å². The molecule has 0 saturated carbocycles. The van der Waals surface area contributed by atoms with Crippen LogP contribution in [0, 0.1) is 0 Å². The molecular formula is C15H16N2O2S. The predicted octanol–water partition coefficient (Wildman–Crippen LogP) is 2.70. The summed E-state index contributed by atoms with van der Waals surface area (Å²) in [6.07, 6.45) is 1.74. The van der Waals surface area contributed by atoms with Gasteiger partial charge in [0.05, 0.1) is 9.79 Å². The number of hydrogen-bond donors (Lipinski definition) is 2. The van der Waals surface area contributed by atoms with Crippen molar-refractivity contribution in [2.75, 3.05) is 17.6 Å². The lowest BCUT2D eigenvalue weighted by Crippen LogP contribution is -2.03. The maximum absolute atomic E-state index is 12.4. The van der Waals surface area contributed by atoms with Gasteiger partial charge in [-0.2, -0.15) is 0 Å². The molecule has 0 aliphatic rings. The Morgan fingerprint density at radius 3 is 2.00 bits per heavy atom. The Morgan fingerprint density at radius 1 is 1.00 bits per heavy atom. The quantitative estimate of drug-likeness (QED) is 0.655. The average molecular weight is 288 g/mol. The smallest absolute Gasteiger partial charge is 0.206 e. The van der Waals surface area contributed by atoms with Crippen molar-refractivity contribution in [1.29, 1.82) is 0 Å². The van der Waals surface area contributed by atoms with E-state index in [2.05, 4.69) is 11.9 Å². The van der Waals surface area contributed by atoms with Crippen molar-refractivity contribution in [3.05, 3.63) is 61.2 Å². The summed E-state index contributed by atoms with van der Waals surface area (Å²) in [4.78, 5) is 0.491. The molecule has 0 aliphatic carbocycles. The Bertz CT molecular complexity index is 690. The van der Waals surface area contributed by atoms with Crippen LogP contribution in [0.2, 0.25) is 0 Å². The molecular weight excluding hydrogens is 272 g/mol. The van der Waals surface area contributed by atoms with Gasteiger partial charge in [-0.3, -0.25) is 0 Å². The van der Waals surface area contributed by atoms with Crippen LogP contribution in [0.25, 0.3) is 0 Å². The molecule has 5 heteroatoms.